The van der Waals surface area contributed by atoms with E-state index in [9.17, 15) is 0 Å². The molecule has 1 aliphatic heterocycles. The minimum atomic E-state index is 0.949. The zero-order chi connectivity index (χ0) is 9.97. The van der Waals surface area contributed by atoms with Crippen LogP contribution < -0.4 is 0 Å². The molecular formula is C11H11ClS2. The lowest BCUT2D eigenvalue weighted by atomic mass is 10.1. The van der Waals surface area contributed by atoms with Crippen molar-refractivity contribution in [2.24, 2.45) is 0 Å². The summed E-state index contributed by atoms with van der Waals surface area (Å²) < 4.78 is 0.949. The number of benzene rings is 1. The third-order valence-corrected chi connectivity index (χ3v) is 5.07. The van der Waals surface area contributed by atoms with Crippen LogP contribution in [0.1, 0.15) is 11.1 Å². The Balaban J connectivity index is 2.34. The summed E-state index contributed by atoms with van der Waals surface area (Å²) in [6, 6.07) is 8.55. The summed E-state index contributed by atoms with van der Waals surface area (Å²) in [5.74, 6) is 2.28. The van der Waals surface area contributed by atoms with Gasteiger partial charge >= 0.3 is 0 Å². The van der Waals surface area contributed by atoms with Crippen molar-refractivity contribution in [1.82, 2.24) is 0 Å². The quantitative estimate of drug-likeness (QED) is 0.719. The molecule has 1 heterocycles. The lowest BCUT2D eigenvalue weighted by molar-refractivity contribution is 1.46. The molecule has 0 spiro atoms. The normalized spacial score (nSPS) is 17.3. The van der Waals surface area contributed by atoms with Gasteiger partial charge in [-0.25, -0.2) is 0 Å². The number of thioether (sulfide) groups is 2. The summed E-state index contributed by atoms with van der Waals surface area (Å²) in [5, 5.41) is 0. The Morgan fingerprint density at radius 1 is 1.07 bits per heavy atom. The van der Waals surface area contributed by atoms with Crippen LogP contribution in [0.15, 0.2) is 28.6 Å². The van der Waals surface area contributed by atoms with Crippen LogP contribution >= 0.6 is 35.1 Å². The maximum absolute atomic E-state index is 6.18. The van der Waals surface area contributed by atoms with Gasteiger partial charge in [-0.15, -0.1) is 23.5 Å². The van der Waals surface area contributed by atoms with Gasteiger partial charge in [0.15, 0.2) is 0 Å². The minimum Gasteiger partial charge on any atom is -0.123 e. The van der Waals surface area contributed by atoms with Crippen molar-refractivity contribution < 1.29 is 0 Å². The topological polar surface area (TPSA) is 0 Å². The summed E-state index contributed by atoms with van der Waals surface area (Å²) in [5.41, 5.74) is 2.54. The summed E-state index contributed by atoms with van der Waals surface area (Å²) in [6.07, 6.45) is 0. The van der Waals surface area contributed by atoms with Crippen molar-refractivity contribution in [2.75, 3.05) is 11.5 Å². The van der Waals surface area contributed by atoms with E-state index in [-0.39, 0.29) is 0 Å². The minimum absolute atomic E-state index is 0.949. The Hall–Kier alpha value is -0.0500. The highest BCUT2D eigenvalue weighted by Gasteiger charge is 2.13. The van der Waals surface area contributed by atoms with E-state index in [4.69, 9.17) is 11.6 Å². The Morgan fingerprint density at radius 3 is 2.36 bits per heavy atom. The lowest BCUT2D eigenvalue weighted by Crippen LogP contribution is -1.93. The lowest BCUT2D eigenvalue weighted by Gasteiger charge is -2.15. The van der Waals surface area contributed by atoms with Gasteiger partial charge in [-0.1, -0.05) is 41.4 Å². The van der Waals surface area contributed by atoms with Crippen molar-refractivity contribution in [3.8, 4) is 0 Å². The first-order chi connectivity index (χ1) is 6.77. The van der Waals surface area contributed by atoms with Crippen LogP contribution in [0.5, 0.6) is 0 Å². The largest absolute Gasteiger partial charge is 0.123 e. The molecule has 0 bridgehead atoms. The fourth-order valence-corrected chi connectivity index (χ4v) is 3.87. The van der Waals surface area contributed by atoms with Crippen molar-refractivity contribution >= 4 is 40.0 Å². The third kappa shape index (κ3) is 2.30. The SMILES string of the molecule is Cc1ccc(C2=C(Cl)SCCS2)cc1. The summed E-state index contributed by atoms with van der Waals surface area (Å²) in [4.78, 5) is 1.24. The molecule has 1 aromatic rings. The molecular weight excluding hydrogens is 232 g/mol. The second-order valence-electron chi connectivity index (χ2n) is 3.17. The zero-order valence-electron chi connectivity index (χ0n) is 7.92. The van der Waals surface area contributed by atoms with Gasteiger partial charge in [-0.3, -0.25) is 0 Å². The number of halogens is 1. The van der Waals surface area contributed by atoms with Crippen LogP contribution in [0.25, 0.3) is 4.91 Å². The molecule has 0 fully saturated rings. The Kier molecular flexibility index (Phi) is 3.47. The van der Waals surface area contributed by atoms with Crippen LogP contribution in [-0.2, 0) is 0 Å². The average Bonchev–Trinajstić information content (AvgIpc) is 2.20. The van der Waals surface area contributed by atoms with Crippen LogP contribution in [0, 0.1) is 6.92 Å². The summed E-state index contributed by atoms with van der Waals surface area (Å²) >= 11 is 9.79. The predicted molar refractivity (Wildman–Crippen MR) is 68.9 cm³/mol. The van der Waals surface area contributed by atoms with Crippen LogP contribution in [-0.4, -0.2) is 11.5 Å². The van der Waals surface area contributed by atoms with Gasteiger partial charge < -0.3 is 0 Å². The first-order valence-electron chi connectivity index (χ1n) is 4.50. The maximum Gasteiger partial charge on any atom is 0.0877 e. The monoisotopic (exact) mass is 242 g/mol. The van der Waals surface area contributed by atoms with Crippen molar-refractivity contribution in [3.63, 3.8) is 0 Å². The van der Waals surface area contributed by atoms with E-state index in [1.54, 1.807) is 11.8 Å². The van der Waals surface area contributed by atoms with Crippen molar-refractivity contribution in [1.29, 1.82) is 0 Å². The molecule has 0 aliphatic carbocycles. The smallest absolute Gasteiger partial charge is 0.0877 e. The second-order valence-corrected chi connectivity index (χ2v) is 5.98. The molecule has 0 radical (unpaired) electrons. The fourth-order valence-electron chi connectivity index (χ4n) is 1.30. The van der Waals surface area contributed by atoms with Crippen LogP contribution in [0.3, 0.4) is 0 Å². The van der Waals surface area contributed by atoms with Crippen molar-refractivity contribution in [3.05, 3.63) is 39.8 Å². The molecule has 0 N–H and O–H groups in total. The maximum atomic E-state index is 6.18. The molecule has 3 heteroatoms. The first kappa shape index (κ1) is 10.5. The molecule has 0 nitrogen and oxygen atoms in total. The Bertz CT molecular complexity index is 354. The summed E-state index contributed by atoms with van der Waals surface area (Å²) in [7, 11) is 0. The van der Waals surface area contributed by atoms with Crippen LogP contribution in [0.4, 0.5) is 0 Å². The molecule has 0 saturated carbocycles. The van der Waals surface area contributed by atoms with E-state index in [0.29, 0.717) is 0 Å². The number of rotatable bonds is 1. The molecule has 1 aromatic carbocycles. The molecule has 2 rings (SSSR count). The molecule has 0 amide bonds. The van der Waals surface area contributed by atoms with E-state index < -0.39 is 0 Å². The highest BCUT2D eigenvalue weighted by atomic mass is 35.5. The van der Waals surface area contributed by atoms with Gasteiger partial charge in [-0.2, -0.15) is 0 Å². The average molecular weight is 243 g/mol. The molecule has 0 unspecified atom stereocenters. The predicted octanol–water partition coefficient (Wildman–Crippen LogP) is 4.34. The molecule has 74 valence electrons. The van der Waals surface area contributed by atoms with E-state index in [0.717, 1.165) is 15.9 Å². The molecule has 1 aliphatic rings. The third-order valence-electron chi connectivity index (χ3n) is 2.05. The van der Waals surface area contributed by atoms with Gasteiger partial charge in [0.2, 0.25) is 0 Å². The Labute approximate surface area is 98.1 Å². The number of aryl methyl sites for hydroxylation is 1. The van der Waals surface area contributed by atoms with Gasteiger partial charge in [-0.05, 0) is 12.5 Å². The highest BCUT2D eigenvalue weighted by Crippen LogP contribution is 2.42. The number of hydrogen-bond acceptors (Lipinski definition) is 2. The fraction of sp³-hybridized carbons (Fsp3) is 0.273. The van der Waals surface area contributed by atoms with Gasteiger partial charge in [0, 0.05) is 16.4 Å². The number of hydrogen-bond donors (Lipinski definition) is 0. The molecule has 0 aromatic heterocycles. The second kappa shape index (κ2) is 4.65. The van der Waals surface area contributed by atoms with Gasteiger partial charge in [0.1, 0.15) is 0 Å². The van der Waals surface area contributed by atoms with E-state index >= 15 is 0 Å². The highest BCUT2D eigenvalue weighted by molar-refractivity contribution is 8.14. The van der Waals surface area contributed by atoms with E-state index in [2.05, 4.69) is 31.2 Å². The first-order valence-corrected chi connectivity index (χ1v) is 6.85. The van der Waals surface area contributed by atoms with E-state index in [1.807, 2.05) is 11.8 Å². The van der Waals surface area contributed by atoms with E-state index in [1.165, 1.54) is 16.0 Å². The van der Waals surface area contributed by atoms with Gasteiger partial charge in [0.25, 0.3) is 0 Å². The molecule has 0 atom stereocenters. The molecule has 0 saturated heterocycles. The van der Waals surface area contributed by atoms with Gasteiger partial charge in [0.05, 0.1) is 4.36 Å². The van der Waals surface area contributed by atoms with Crippen molar-refractivity contribution in [2.45, 2.75) is 6.92 Å². The standard InChI is InChI=1S/C11H11ClS2/c1-8-2-4-9(5-3-8)10-11(12)14-7-6-13-10/h2-5H,6-7H2,1H3. The summed E-state index contributed by atoms with van der Waals surface area (Å²) in [6.45, 7) is 2.10. The van der Waals surface area contributed by atoms with Crippen LogP contribution in [0.2, 0.25) is 0 Å². The molecule has 14 heavy (non-hydrogen) atoms. The Morgan fingerprint density at radius 2 is 1.71 bits per heavy atom. The zero-order valence-corrected chi connectivity index (χ0v) is 10.3.